The molecule has 1 aliphatic heterocycles. The molecule has 1 unspecified atom stereocenters. The van der Waals surface area contributed by atoms with Gasteiger partial charge in [-0.25, -0.2) is 9.97 Å². The summed E-state index contributed by atoms with van der Waals surface area (Å²) in [4.78, 5) is 37.7. The number of piperazine rings is 1. The van der Waals surface area contributed by atoms with Crippen LogP contribution in [0.1, 0.15) is 25.3 Å². The van der Waals surface area contributed by atoms with Gasteiger partial charge in [0.2, 0.25) is 11.8 Å². The fraction of sp³-hybridized carbons (Fsp3) is 0.455. The highest BCUT2D eigenvalue weighted by Gasteiger charge is 2.37. The molecule has 31 heavy (non-hydrogen) atoms. The number of nitrogens with one attached hydrogen (secondary N) is 1. The average molecular weight is 460 g/mol. The van der Waals surface area contributed by atoms with Crippen LogP contribution in [0, 0.1) is 12.8 Å². The summed E-state index contributed by atoms with van der Waals surface area (Å²) in [6.45, 7) is 6.15. The van der Waals surface area contributed by atoms with E-state index < -0.39 is 0 Å². The van der Waals surface area contributed by atoms with Gasteiger partial charge in [-0.2, -0.15) is 0 Å². The van der Waals surface area contributed by atoms with Gasteiger partial charge in [0, 0.05) is 43.3 Å². The second kappa shape index (κ2) is 9.44. The van der Waals surface area contributed by atoms with Crippen molar-refractivity contribution in [3.05, 3.63) is 41.0 Å². The highest BCUT2D eigenvalue weighted by Crippen LogP contribution is 2.33. The van der Waals surface area contributed by atoms with Gasteiger partial charge in [0.25, 0.3) is 0 Å². The Morgan fingerprint density at radius 1 is 1.19 bits per heavy atom. The third-order valence-electron chi connectivity index (χ3n) is 5.49. The molecule has 9 heteroatoms. The first kappa shape index (κ1) is 21.9. The Hall–Kier alpha value is -2.32. The topological polar surface area (TPSA) is 78.4 Å². The number of aromatic nitrogens is 2. The van der Waals surface area contributed by atoms with Gasteiger partial charge in [-0.1, -0.05) is 41.1 Å². The van der Waals surface area contributed by atoms with Crippen LogP contribution in [0.2, 0.25) is 5.15 Å². The summed E-state index contributed by atoms with van der Waals surface area (Å²) in [7, 11) is 0. The molecule has 1 atom stereocenters. The minimum absolute atomic E-state index is 0.118. The van der Waals surface area contributed by atoms with Gasteiger partial charge in [-0.05, 0) is 38.8 Å². The number of thioether (sulfide) groups is 1. The number of nitrogens with zero attached hydrogens (tertiary/aromatic N) is 4. The average Bonchev–Trinajstić information content (AvgIpc) is 3.58. The number of rotatable bonds is 6. The molecule has 0 bridgehead atoms. The zero-order valence-electron chi connectivity index (χ0n) is 17.7. The normalized spacial score (nSPS) is 18.7. The van der Waals surface area contributed by atoms with E-state index in [0.717, 1.165) is 29.9 Å². The number of halogens is 1. The van der Waals surface area contributed by atoms with Crippen molar-refractivity contribution in [2.75, 3.05) is 35.6 Å². The van der Waals surface area contributed by atoms with Gasteiger partial charge >= 0.3 is 0 Å². The Morgan fingerprint density at radius 3 is 2.61 bits per heavy atom. The van der Waals surface area contributed by atoms with Gasteiger partial charge in [-0.3, -0.25) is 9.59 Å². The first-order valence-electron chi connectivity index (χ1n) is 10.5. The monoisotopic (exact) mass is 459 g/mol. The molecule has 1 saturated heterocycles. The third kappa shape index (κ3) is 5.68. The number of carbonyl (C=O) groups excluding carboxylic acids is 2. The molecule has 1 aliphatic carbocycles. The molecule has 2 fully saturated rings. The van der Waals surface area contributed by atoms with Crippen molar-refractivity contribution < 1.29 is 9.59 Å². The summed E-state index contributed by atoms with van der Waals surface area (Å²) in [5, 5.41) is 3.68. The first-order chi connectivity index (χ1) is 14.9. The van der Waals surface area contributed by atoms with Crippen molar-refractivity contribution in [3.63, 3.8) is 0 Å². The molecule has 7 nitrogen and oxygen atoms in total. The maximum atomic E-state index is 12.4. The second-order valence-corrected chi connectivity index (χ2v) is 9.47. The third-order valence-corrected chi connectivity index (χ3v) is 6.53. The van der Waals surface area contributed by atoms with E-state index in [1.165, 1.54) is 11.8 Å². The zero-order valence-corrected chi connectivity index (χ0v) is 19.2. The van der Waals surface area contributed by atoms with E-state index >= 15 is 0 Å². The summed E-state index contributed by atoms with van der Waals surface area (Å²) in [6, 6.07) is 9.51. The van der Waals surface area contributed by atoms with E-state index in [4.69, 9.17) is 11.6 Å². The Morgan fingerprint density at radius 2 is 1.94 bits per heavy atom. The summed E-state index contributed by atoms with van der Waals surface area (Å²) < 4.78 is 0. The molecule has 2 heterocycles. The number of amides is 2. The fourth-order valence-electron chi connectivity index (χ4n) is 3.63. The molecule has 2 aliphatic rings. The number of benzene rings is 1. The fourth-order valence-corrected chi connectivity index (χ4v) is 4.52. The summed E-state index contributed by atoms with van der Waals surface area (Å²) >= 11 is 7.49. The van der Waals surface area contributed by atoms with E-state index in [-0.39, 0.29) is 29.5 Å². The predicted molar refractivity (Wildman–Crippen MR) is 124 cm³/mol. The van der Waals surface area contributed by atoms with E-state index in [9.17, 15) is 9.59 Å². The van der Waals surface area contributed by atoms with Crippen LogP contribution in [0.25, 0.3) is 0 Å². The highest BCUT2D eigenvalue weighted by molar-refractivity contribution is 7.99. The predicted octanol–water partition coefficient (Wildman–Crippen LogP) is 3.62. The molecule has 0 spiro atoms. The lowest BCUT2D eigenvalue weighted by molar-refractivity contribution is -0.135. The van der Waals surface area contributed by atoms with E-state index in [2.05, 4.69) is 27.1 Å². The number of carbonyl (C=O) groups is 2. The molecule has 1 N–H and O–H groups in total. The Balaban J connectivity index is 1.35. The van der Waals surface area contributed by atoms with Gasteiger partial charge in [0.05, 0.1) is 5.75 Å². The minimum atomic E-state index is -0.125. The van der Waals surface area contributed by atoms with E-state index in [1.807, 2.05) is 36.1 Å². The molecule has 2 aromatic rings. The lowest BCUT2D eigenvalue weighted by Crippen LogP contribution is -2.54. The maximum Gasteiger partial charge on any atom is 0.234 e. The molecule has 1 aromatic carbocycles. The Kier molecular flexibility index (Phi) is 6.67. The largest absolute Gasteiger partial charge is 0.353 e. The van der Waals surface area contributed by atoms with Gasteiger partial charge in [-0.15, -0.1) is 0 Å². The van der Waals surface area contributed by atoms with Crippen molar-refractivity contribution in [1.82, 2.24) is 14.9 Å². The van der Waals surface area contributed by atoms with Crippen LogP contribution in [0.5, 0.6) is 0 Å². The standard InChI is InChI=1S/C22H26ClN5O2S/c1-14-3-7-17(8-4-14)24-20(29)13-31-22-25-18(23)11-19(26-22)27-9-10-28(15(2)12-27)21(30)16-5-6-16/h3-4,7-8,11,15-16H,5-6,9-10,12-13H2,1-2H3,(H,24,29). The van der Waals surface area contributed by atoms with Gasteiger partial charge in [0.15, 0.2) is 5.16 Å². The molecule has 1 aromatic heterocycles. The van der Waals surface area contributed by atoms with Crippen molar-refractivity contribution in [1.29, 1.82) is 0 Å². The number of hydrogen-bond acceptors (Lipinski definition) is 6. The van der Waals surface area contributed by atoms with Crippen LogP contribution in [0.15, 0.2) is 35.5 Å². The number of hydrogen-bond donors (Lipinski definition) is 1. The second-order valence-electron chi connectivity index (χ2n) is 8.14. The molecular weight excluding hydrogens is 434 g/mol. The Labute approximate surface area is 191 Å². The van der Waals surface area contributed by atoms with Crippen LogP contribution in [-0.4, -0.2) is 58.1 Å². The van der Waals surface area contributed by atoms with Crippen LogP contribution < -0.4 is 10.2 Å². The van der Waals surface area contributed by atoms with Gasteiger partial charge < -0.3 is 15.1 Å². The summed E-state index contributed by atoms with van der Waals surface area (Å²) in [5.41, 5.74) is 1.90. The molecule has 1 saturated carbocycles. The van der Waals surface area contributed by atoms with E-state index in [0.29, 0.717) is 29.9 Å². The smallest absolute Gasteiger partial charge is 0.234 e. The molecule has 0 radical (unpaired) electrons. The summed E-state index contributed by atoms with van der Waals surface area (Å²) in [6.07, 6.45) is 2.04. The lowest BCUT2D eigenvalue weighted by atomic mass is 10.1. The minimum Gasteiger partial charge on any atom is -0.353 e. The lowest BCUT2D eigenvalue weighted by Gasteiger charge is -2.40. The SMILES string of the molecule is Cc1ccc(NC(=O)CSc2nc(Cl)cc(N3CCN(C(=O)C4CC4)C(C)C3)n2)cc1. The van der Waals surface area contributed by atoms with Crippen molar-refractivity contribution in [3.8, 4) is 0 Å². The van der Waals surface area contributed by atoms with Crippen molar-refractivity contribution >= 4 is 46.7 Å². The van der Waals surface area contributed by atoms with Crippen molar-refractivity contribution in [2.24, 2.45) is 5.92 Å². The number of anilines is 2. The quantitative estimate of drug-likeness (QED) is 0.404. The van der Waals surface area contributed by atoms with Crippen LogP contribution >= 0.6 is 23.4 Å². The van der Waals surface area contributed by atoms with E-state index in [1.54, 1.807) is 6.07 Å². The van der Waals surface area contributed by atoms with Crippen molar-refractivity contribution in [2.45, 2.75) is 37.9 Å². The highest BCUT2D eigenvalue weighted by atomic mass is 35.5. The van der Waals surface area contributed by atoms with Gasteiger partial charge in [0.1, 0.15) is 11.0 Å². The molecule has 2 amide bonds. The summed E-state index contributed by atoms with van der Waals surface area (Å²) in [5.74, 6) is 1.31. The Bertz CT molecular complexity index is 967. The van der Waals surface area contributed by atoms with Crippen LogP contribution in [0.3, 0.4) is 0 Å². The molecular formula is C22H26ClN5O2S. The maximum absolute atomic E-state index is 12.4. The molecule has 4 rings (SSSR count). The zero-order chi connectivity index (χ0) is 22.0. The van der Waals surface area contributed by atoms with Crippen LogP contribution in [0.4, 0.5) is 11.5 Å². The number of aryl methyl sites for hydroxylation is 1. The molecule has 164 valence electrons. The van der Waals surface area contributed by atoms with Crippen LogP contribution in [-0.2, 0) is 9.59 Å². The first-order valence-corrected chi connectivity index (χ1v) is 11.8.